The van der Waals surface area contributed by atoms with Crippen molar-refractivity contribution in [1.82, 2.24) is 0 Å². The minimum atomic E-state index is 0.345. The van der Waals surface area contributed by atoms with Crippen molar-refractivity contribution in [2.24, 2.45) is 16.7 Å². The van der Waals surface area contributed by atoms with Gasteiger partial charge in [-0.3, -0.25) is 0 Å². The molecule has 21 heavy (non-hydrogen) atoms. The number of ether oxygens (including phenoxy) is 2. The molecule has 0 spiro atoms. The van der Waals surface area contributed by atoms with Gasteiger partial charge in [0.15, 0.2) is 11.5 Å². The van der Waals surface area contributed by atoms with Crippen LogP contribution in [0, 0.1) is 16.7 Å². The summed E-state index contributed by atoms with van der Waals surface area (Å²) in [6, 6.07) is 6.30. The van der Waals surface area contributed by atoms with Crippen molar-refractivity contribution in [1.29, 1.82) is 0 Å². The lowest BCUT2D eigenvalue weighted by Crippen LogP contribution is -2.03. The summed E-state index contributed by atoms with van der Waals surface area (Å²) in [5.74, 6) is 2.30. The van der Waals surface area contributed by atoms with Crippen LogP contribution in [0.5, 0.6) is 11.5 Å². The molecule has 1 saturated carbocycles. The van der Waals surface area contributed by atoms with Crippen LogP contribution in [-0.2, 0) is 0 Å². The van der Waals surface area contributed by atoms with Gasteiger partial charge in [-0.2, -0.15) is 0 Å². The fraction of sp³-hybridized carbons (Fsp3) is 0.667. The summed E-state index contributed by atoms with van der Waals surface area (Å²) in [5.41, 5.74) is 1.97. The van der Waals surface area contributed by atoms with Crippen LogP contribution in [-0.4, -0.2) is 13.2 Å². The van der Waals surface area contributed by atoms with Crippen LogP contribution < -0.4 is 9.47 Å². The van der Waals surface area contributed by atoms with E-state index in [1.165, 1.54) is 5.56 Å². The molecule has 0 radical (unpaired) electrons. The molecular weight excluding hydrogens is 328 g/mol. The van der Waals surface area contributed by atoms with E-state index in [2.05, 4.69) is 55.8 Å². The second-order valence-electron chi connectivity index (χ2n) is 6.90. The summed E-state index contributed by atoms with van der Waals surface area (Å²) >= 11 is 3.92. The largest absolute Gasteiger partial charge is 0.490 e. The molecule has 0 aliphatic heterocycles. The second-order valence-corrected chi connectivity index (χ2v) is 7.88. The first kappa shape index (κ1) is 16.7. The Labute approximate surface area is 137 Å². The molecule has 1 aromatic rings. The van der Waals surface area contributed by atoms with E-state index in [-0.39, 0.29) is 0 Å². The maximum atomic E-state index is 5.74. The highest BCUT2D eigenvalue weighted by Crippen LogP contribution is 2.74. The van der Waals surface area contributed by atoms with Crippen molar-refractivity contribution < 1.29 is 9.47 Å². The lowest BCUT2D eigenvalue weighted by atomic mass is 10.0. The van der Waals surface area contributed by atoms with Crippen LogP contribution in [0.2, 0.25) is 0 Å². The van der Waals surface area contributed by atoms with Gasteiger partial charge < -0.3 is 9.47 Å². The molecule has 0 aromatic heterocycles. The Kier molecular flexibility index (Phi) is 4.63. The third-order valence-electron chi connectivity index (χ3n) is 5.31. The van der Waals surface area contributed by atoms with Gasteiger partial charge in [-0.25, -0.2) is 0 Å². The predicted molar refractivity (Wildman–Crippen MR) is 91.5 cm³/mol. The van der Waals surface area contributed by atoms with E-state index in [9.17, 15) is 0 Å². The Balaban J connectivity index is 2.27. The monoisotopic (exact) mass is 354 g/mol. The Morgan fingerprint density at radius 1 is 1.00 bits per heavy atom. The Bertz CT molecular complexity index is 494. The number of hydrogen-bond donors (Lipinski definition) is 0. The fourth-order valence-corrected chi connectivity index (χ4v) is 5.02. The molecule has 1 atom stereocenters. The smallest absolute Gasteiger partial charge is 0.161 e. The van der Waals surface area contributed by atoms with Gasteiger partial charge in [0.2, 0.25) is 0 Å². The molecule has 1 aromatic carbocycles. The average Bonchev–Trinajstić information content (AvgIpc) is 2.81. The lowest BCUT2D eigenvalue weighted by Gasteiger charge is -2.16. The molecular formula is C18H27BrO2. The van der Waals surface area contributed by atoms with Crippen LogP contribution in [0.1, 0.15) is 51.9 Å². The SMILES string of the molecule is CCOc1ccc(C(Br)C2C(C)(C)C2(C)C)cc1OCC. The molecule has 3 heteroatoms. The van der Waals surface area contributed by atoms with Crippen molar-refractivity contribution >= 4 is 15.9 Å². The Morgan fingerprint density at radius 2 is 1.52 bits per heavy atom. The minimum absolute atomic E-state index is 0.345. The first-order valence-corrected chi connectivity index (χ1v) is 8.72. The summed E-state index contributed by atoms with van der Waals surface area (Å²) in [6.07, 6.45) is 0. The zero-order valence-electron chi connectivity index (χ0n) is 14.0. The first-order chi connectivity index (χ1) is 9.77. The summed E-state index contributed by atoms with van der Waals surface area (Å²) in [4.78, 5) is 0.345. The van der Waals surface area contributed by atoms with E-state index in [4.69, 9.17) is 9.47 Å². The summed E-state index contributed by atoms with van der Waals surface area (Å²) in [7, 11) is 0. The third kappa shape index (κ3) is 2.81. The molecule has 2 nitrogen and oxygen atoms in total. The van der Waals surface area contributed by atoms with Crippen LogP contribution in [0.3, 0.4) is 0 Å². The molecule has 0 saturated heterocycles. The molecule has 1 aliphatic carbocycles. The van der Waals surface area contributed by atoms with E-state index in [0.29, 0.717) is 34.8 Å². The van der Waals surface area contributed by atoms with E-state index in [0.717, 1.165) is 11.5 Å². The van der Waals surface area contributed by atoms with Gasteiger partial charge in [0.25, 0.3) is 0 Å². The van der Waals surface area contributed by atoms with Crippen molar-refractivity contribution in [2.75, 3.05) is 13.2 Å². The molecule has 0 amide bonds. The molecule has 0 N–H and O–H groups in total. The zero-order chi connectivity index (χ0) is 15.8. The summed E-state index contributed by atoms with van der Waals surface area (Å²) in [5, 5.41) is 0. The van der Waals surface area contributed by atoms with Gasteiger partial charge in [0, 0.05) is 4.83 Å². The Hall–Kier alpha value is -0.700. The van der Waals surface area contributed by atoms with Gasteiger partial charge in [0.05, 0.1) is 13.2 Å². The van der Waals surface area contributed by atoms with Crippen molar-refractivity contribution in [3.05, 3.63) is 23.8 Å². The number of rotatable bonds is 6. The topological polar surface area (TPSA) is 18.5 Å². The number of hydrogen-bond acceptors (Lipinski definition) is 2. The number of alkyl halides is 1. The molecule has 2 rings (SSSR count). The highest BCUT2D eigenvalue weighted by Gasteiger charge is 2.66. The summed E-state index contributed by atoms with van der Waals surface area (Å²) in [6.45, 7) is 14.7. The Morgan fingerprint density at radius 3 is 2.00 bits per heavy atom. The van der Waals surface area contributed by atoms with E-state index < -0.39 is 0 Å². The number of halogens is 1. The van der Waals surface area contributed by atoms with Crippen LogP contribution in [0.15, 0.2) is 18.2 Å². The van der Waals surface area contributed by atoms with Crippen LogP contribution in [0.4, 0.5) is 0 Å². The standard InChI is InChI=1S/C18H27BrO2/c1-7-20-13-10-9-12(11-14(13)21-8-2)15(19)16-17(3,4)18(16,5)6/h9-11,15-16H,7-8H2,1-6H3. The third-order valence-corrected chi connectivity index (χ3v) is 6.37. The fourth-order valence-electron chi connectivity index (χ4n) is 3.41. The van der Waals surface area contributed by atoms with E-state index in [1.54, 1.807) is 0 Å². The normalized spacial score (nSPS) is 20.9. The number of benzene rings is 1. The van der Waals surface area contributed by atoms with Crippen LogP contribution >= 0.6 is 15.9 Å². The highest BCUT2D eigenvalue weighted by atomic mass is 79.9. The zero-order valence-corrected chi connectivity index (χ0v) is 15.6. The average molecular weight is 355 g/mol. The molecule has 1 aliphatic rings. The van der Waals surface area contributed by atoms with Crippen LogP contribution in [0.25, 0.3) is 0 Å². The molecule has 118 valence electrons. The van der Waals surface area contributed by atoms with Crippen molar-refractivity contribution in [3.63, 3.8) is 0 Å². The first-order valence-electron chi connectivity index (χ1n) is 7.81. The maximum Gasteiger partial charge on any atom is 0.161 e. The van der Waals surface area contributed by atoms with Gasteiger partial charge in [-0.1, -0.05) is 49.7 Å². The lowest BCUT2D eigenvalue weighted by molar-refractivity contribution is 0.287. The summed E-state index contributed by atoms with van der Waals surface area (Å²) < 4.78 is 11.4. The minimum Gasteiger partial charge on any atom is -0.490 e. The second kappa shape index (κ2) is 5.83. The molecule has 0 heterocycles. The van der Waals surface area contributed by atoms with Gasteiger partial charge >= 0.3 is 0 Å². The molecule has 0 bridgehead atoms. The highest BCUT2D eigenvalue weighted by molar-refractivity contribution is 9.09. The van der Waals surface area contributed by atoms with E-state index in [1.807, 2.05) is 19.9 Å². The molecule has 1 unspecified atom stereocenters. The predicted octanol–water partition coefficient (Wildman–Crippen LogP) is 5.60. The van der Waals surface area contributed by atoms with E-state index >= 15 is 0 Å². The van der Waals surface area contributed by atoms with Crippen molar-refractivity contribution in [2.45, 2.75) is 46.4 Å². The maximum absolute atomic E-state index is 5.74. The van der Waals surface area contributed by atoms with Gasteiger partial charge in [0.1, 0.15) is 0 Å². The molecule has 1 fully saturated rings. The van der Waals surface area contributed by atoms with Crippen molar-refractivity contribution in [3.8, 4) is 11.5 Å². The quantitative estimate of drug-likeness (QED) is 0.618. The van der Waals surface area contributed by atoms with Gasteiger partial charge in [-0.15, -0.1) is 0 Å². The van der Waals surface area contributed by atoms with Gasteiger partial charge in [-0.05, 0) is 48.3 Å².